The standard InChI is InChI=1S/C11H13ClN4/c1-11(2,9-14-10(13)16-15-9)7-4-3-5-8(12)6-7/h3-6H,1-2H3,(H3,13,14,15,16). The maximum absolute atomic E-state index is 5.97. The highest BCUT2D eigenvalue weighted by Gasteiger charge is 2.27. The number of aromatic nitrogens is 3. The van der Waals surface area contributed by atoms with Gasteiger partial charge in [0.2, 0.25) is 5.95 Å². The number of anilines is 1. The molecule has 84 valence electrons. The van der Waals surface area contributed by atoms with Crippen molar-refractivity contribution in [3.63, 3.8) is 0 Å². The average Bonchev–Trinajstić information content (AvgIpc) is 2.65. The van der Waals surface area contributed by atoms with Crippen molar-refractivity contribution in [3.05, 3.63) is 40.7 Å². The summed E-state index contributed by atoms with van der Waals surface area (Å²) in [6.45, 7) is 4.08. The molecule has 0 atom stereocenters. The fraction of sp³-hybridized carbons (Fsp3) is 0.273. The molecule has 16 heavy (non-hydrogen) atoms. The SMILES string of the molecule is CC(C)(c1cccc(Cl)c1)c1nc(N)n[nH]1. The van der Waals surface area contributed by atoms with Gasteiger partial charge in [-0.25, -0.2) is 0 Å². The van der Waals surface area contributed by atoms with E-state index in [0.29, 0.717) is 5.02 Å². The first-order valence-electron chi connectivity index (χ1n) is 4.94. The minimum atomic E-state index is -0.296. The second-order valence-corrected chi connectivity index (χ2v) is 4.61. The van der Waals surface area contributed by atoms with Crippen LogP contribution >= 0.6 is 11.6 Å². The monoisotopic (exact) mass is 236 g/mol. The number of nitrogen functional groups attached to an aromatic ring is 1. The first-order valence-corrected chi connectivity index (χ1v) is 5.32. The zero-order valence-electron chi connectivity index (χ0n) is 9.16. The Kier molecular flexibility index (Phi) is 2.59. The van der Waals surface area contributed by atoms with Crippen molar-refractivity contribution in [1.82, 2.24) is 15.2 Å². The molecule has 1 aromatic carbocycles. The summed E-state index contributed by atoms with van der Waals surface area (Å²) in [7, 11) is 0. The Bertz CT molecular complexity index is 504. The summed E-state index contributed by atoms with van der Waals surface area (Å²) < 4.78 is 0. The van der Waals surface area contributed by atoms with Crippen LogP contribution < -0.4 is 5.73 Å². The third kappa shape index (κ3) is 1.88. The second-order valence-electron chi connectivity index (χ2n) is 4.18. The van der Waals surface area contributed by atoms with Crippen LogP contribution in [0.25, 0.3) is 0 Å². The lowest BCUT2D eigenvalue weighted by Gasteiger charge is -2.22. The number of hydrogen-bond acceptors (Lipinski definition) is 3. The van der Waals surface area contributed by atoms with Crippen molar-refractivity contribution in [1.29, 1.82) is 0 Å². The summed E-state index contributed by atoms with van der Waals surface area (Å²) in [6.07, 6.45) is 0. The molecule has 3 N–H and O–H groups in total. The Labute approximate surface area is 98.8 Å². The van der Waals surface area contributed by atoms with Gasteiger partial charge in [0.1, 0.15) is 5.82 Å². The third-order valence-electron chi connectivity index (χ3n) is 2.64. The van der Waals surface area contributed by atoms with E-state index >= 15 is 0 Å². The highest BCUT2D eigenvalue weighted by atomic mass is 35.5. The number of hydrogen-bond donors (Lipinski definition) is 2. The number of rotatable bonds is 2. The largest absolute Gasteiger partial charge is 0.367 e. The van der Waals surface area contributed by atoms with E-state index in [-0.39, 0.29) is 11.4 Å². The fourth-order valence-corrected chi connectivity index (χ4v) is 1.76. The van der Waals surface area contributed by atoms with Crippen LogP contribution in [0.4, 0.5) is 5.95 Å². The number of halogens is 1. The Morgan fingerprint density at radius 2 is 2.12 bits per heavy atom. The smallest absolute Gasteiger partial charge is 0.239 e. The topological polar surface area (TPSA) is 67.6 Å². The van der Waals surface area contributed by atoms with E-state index < -0.39 is 0 Å². The predicted octanol–water partition coefficient (Wildman–Crippen LogP) is 2.37. The van der Waals surface area contributed by atoms with Crippen LogP contribution in [-0.2, 0) is 5.41 Å². The van der Waals surface area contributed by atoms with Gasteiger partial charge in [-0.1, -0.05) is 23.7 Å². The van der Waals surface area contributed by atoms with Crippen molar-refractivity contribution in [2.75, 3.05) is 5.73 Å². The summed E-state index contributed by atoms with van der Waals surface area (Å²) in [6, 6.07) is 7.68. The van der Waals surface area contributed by atoms with Gasteiger partial charge in [-0.15, -0.1) is 5.10 Å². The molecular formula is C11H13ClN4. The van der Waals surface area contributed by atoms with Gasteiger partial charge in [-0.3, -0.25) is 5.10 Å². The molecule has 0 radical (unpaired) electrons. The second kappa shape index (κ2) is 3.79. The average molecular weight is 237 g/mol. The van der Waals surface area contributed by atoms with Crippen LogP contribution in [-0.4, -0.2) is 15.2 Å². The van der Waals surface area contributed by atoms with E-state index in [0.717, 1.165) is 11.4 Å². The van der Waals surface area contributed by atoms with Crippen LogP contribution in [0.2, 0.25) is 5.02 Å². The lowest BCUT2D eigenvalue weighted by atomic mass is 9.84. The lowest BCUT2D eigenvalue weighted by molar-refractivity contribution is 0.593. The number of H-pyrrole nitrogens is 1. The maximum atomic E-state index is 5.97. The van der Waals surface area contributed by atoms with E-state index in [4.69, 9.17) is 17.3 Å². The Balaban J connectivity index is 2.46. The molecule has 5 heteroatoms. The highest BCUT2D eigenvalue weighted by molar-refractivity contribution is 6.30. The van der Waals surface area contributed by atoms with Gasteiger partial charge < -0.3 is 5.73 Å². The molecule has 0 aliphatic heterocycles. The first-order chi connectivity index (χ1) is 7.50. The number of aromatic amines is 1. The number of benzene rings is 1. The summed E-state index contributed by atoms with van der Waals surface area (Å²) >= 11 is 5.97. The molecule has 0 amide bonds. The van der Waals surface area contributed by atoms with Crippen molar-refractivity contribution in [3.8, 4) is 0 Å². The lowest BCUT2D eigenvalue weighted by Crippen LogP contribution is -2.20. The van der Waals surface area contributed by atoms with Crippen LogP contribution in [0.5, 0.6) is 0 Å². The van der Waals surface area contributed by atoms with E-state index in [1.54, 1.807) is 0 Å². The summed E-state index contributed by atoms with van der Waals surface area (Å²) in [5.41, 5.74) is 6.27. The predicted molar refractivity (Wildman–Crippen MR) is 64.4 cm³/mol. The molecule has 1 aromatic heterocycles. The molecule has 0 aliphatic carbocycles. The zero-order valence-corrected chi connectivity index (χ0v) is 9.92. The summed E-state index contributed by atoms with van der Waals surface area (Å²) in [4.78, 5) is 4.16. The van der Waals surface area contributed by atoms with Crippen LogP contribution in [0.1, 0.15) is 25.2 Å². The van der Waals surface area contributed by atoms with E-state index in [1.807, 2.05) is 38.1 Å². The van der Waals surface area contributed by atoms with Gasteiger partial charge in [0.05, 0.1) is 0 Å². The molecule has 0 saturated heterocycles. The van der Waals surface area contributed by atoms with Crippen molar-refractivity contribution in [2.24, 2.45) is 0 Å². The molecule has 2 aromatic rings. The molecule has 0 unspecified atom stereocenters. The van der Waals surface area contributed by atoms with Gasteiger partial charge >= 0.3 is 0 Å². The number of nitrogens with zero attached hydrogens (tertiary/aromatic N) is 2. The van der Waals surface area contributed by atoms with Crippen LogP contribution in [0.3, 0.4) is 0 Å². The van der Waals surface area contributed by atoms with E-state index in [2.05, 4.69) is 15.2 Å². The molecular weight excluding hydrogens is 224 g/mol. The zero-order chi connectivity index (χ0) is 11.8. The van der Waals surface area contributed by atoms with Gasteiger partial charge in [0, 0.05) is 10.4 Å². The molecule has 2 rings (SSSR count). The minimum absolute atomic E-state index is 0.255. The normalized spacial score (nSPS) is 11.7. The molecule has 1 heterocycles. The highest BCUT2D eigenvalue weighted by Crippen LogP contribution is 2.30. The maximum Gasteiger partial charge on any atom is 0.239 e. The molecule has 0 spiro atoms. The van der Waals surface area contributed by atoms with Gasteiger partial charge in [0.15, 0.2) is 0 Å². The molecule has 0 bridgehead atoms. The van der Waals surface area contributed by atoms with Crippen molar-refractivity contribution >= 4 is 17.5 Å². The minimum Gasteiger partial charge on any atom is -0.367 e. The summed E-state index contributed by atoms with van der Waals surface area (Å²) in [5, 5.41) is 7.38. The Morgan fingerprint density at radius 3 is 2.69 bits per heavy atom. The van der Waals surface area contributed by atoms with Crippen LogP contribution in [0.15, 0.2) is 24.3 Å². The van der Waals surface area contributed by atoms with Gasteiger partial charge in [-0.05, 0) is 31.5 Å². The van der Waals surface area contributed by atoms with Crippen molar-refractivity contribution in [2.45, 2.75) is 19.3 Å². The van der Waals surface area contributed by atoms with Crippen molar-refractivity contribution < 1.29 is 0 Å². The van der Waals surface area contributed by atoms with Crippen LogP contribution in [0, 0.1) is 0 Å². The fourth-order valence-electron chi connectivity index (χ4n) is 1.57. The van der Waals surface area contributed by atoms with Gasteiger partial charge in [0.25, 0.3) is 0 Å². The first kappa shape index (κ1) is 11.0. The van der Waals surface area contributed by atoms with Gasteiger partial charge in [-0.2, -0.15) is 4.98 Å². The van der Waals surface area contributed by atoms with E-state index in [9.17, 15) is 0 Å². The molecule has 0 aliphatic rings. The molecule has 0 saturated carbocycles. The molecule has 0 fully saturated rings. The number of nitrogens with two attached hydrogens (primary N) is 1. The quantitative estimate of drug-likeness (QED) is 0.841. The third-order valence-corrected chi connectivity index (χ3v) is 2.88. The molecule has 4 nitrogen and oxygen atoms in total. The Hall–Kier alpha value is -1.55. The summed E-state index contributed by atoms with van der Waals surface area (Å²) in [5.74, 6) is 0.984. The van der Waals surface area contributed by atoms with E-state index in [1.165, 1.54) is 0 Å². The Morgan fingerprint density at radius 1 is 1.38 bits per heavy atom. The number of nitrogens with one attached hydrogen (secondary N) is 1.